The molecule has 1 saturated carbocycles. The van der Waals surface area contributed by atoms with E-state index < -0.39 is 5.92 Å². The summed E-state index contributed by atoms with van der Waals surface area (Å²) in [6.45, 7) is 3.75. The van der Waals surface area contributed by atoms with Crippen LogP contribution in [-0.4, -0.2) is 5.92 Å². The molecule has 0 saturated heterocycles. The smallest absolute Gasteiger partial charge is 0.248 e. The van der Waals surface area contributed by atoms with Crippen LogP contribution in [0.15, 0.2) is 10.5 Å². The normalized spacial score (nSPS) is 24.4. The largest absolute Gasteiger partial charge is 0.466 e. The van der Waals surface area contributed by atoms with Crippen LogP contribution in [0.25, 0.3) is 0 Å². The Bertz CT molecular complexity index is 431. The van der Waals surface area contributed by atoms with Crippen molar-refractivity contribution >= 4 is 0 Å². The number of rotatable bonds is 4. The van der Waals surface area contributed by atoms with E-state index in [2.05, 4.69) is 5.43 Å². The Hall–Kier alpha value is -0.940. The first kappa shape index (κ1) is 14.5. The first-order valence-corrected chi connectivity index (χ1v) is 6.82. The fourth-order valence-electron chi connectivity index (χ4n) is 3.09. The molecule has 3 nitrogen and oxygen atoms in total. The number of alkyl halides is 2. The highest BCUT2D eigenvalue weighted by molar-refractivity contribution is 5.24. The fraction of sp³-hybridized carbons (Fsp3) is 0.714. The Morgan fingerprint density at radius 2 is 2.26 bits per heavy atom. The molecule has 0 bridgehead atoms. The maximum absolute atomic E-state index is 13.4. The van der Waals surface area contributed by atoms with Gasteiger partial charge in [-0.1, -0.05) is 0 Å². The van der Waals surface area contributed by atoms with E-state index in [1.54, 1.807) is 0 Å². The van der Waals surface area contributed by atoms with E-state index in [0.29, 0.717) is 12.8 Å². The van der Waals surface area contributed by atoms with Crippen molar-refractivity contribution in [3.05, 3.63) is 23.2 Å². The second kappa shape index (κ2) is 5.59. The number of furan rings is 1. The maximum Gasteiger partial charge on any atom is 0.248 e. The summed E-state index contributed by atoms with van der Waals surface area (Å²) in [6.07, 6.45) is 2.07. The van der Waals surface area contributed by atoms with Gasteiger partial charge < -0.3 is 4.42 Å². The third kappa shape index (κ3) is 3.54. The Kier molecular flexibility index (Phi) is 4.26. The topological polar surface area (TPSA) is 51.2 Å². The van der Waals surface area contributed by atoms with Crippen LogP contribution in [0.3, 0.4) is 0 Å². The predicted molar refractivity (Wildman–Crippen MR) is 69.8 cm³/mol. The zero-order valence-corrected chi connectivity index (χ0v) is 11.5. The number of hydrazine groups is 1. The third-order valence-corrected chi connectivity index (χ3v) is 3.97. The van der Waals surface area contributed by atoms with Crippen LogP contribution in [0.5, 0.6) is 0 Å². The van der Waals surface area contributed by atoms with Crippen LogP contribution in [0.1, 0.15) is 55.2 Å². The van der Waals surface area contributed by atoms with Crippen LogP contribution in [0.4, 0.5) is 8.78 Å². The third-order valence-electron chi connectivity index (χ3n) is 3.97. The number of nitrogens with one attached hydrogen (secondary N) is 1. The summed E-state index contributed by atoms with van der Waals surface area (Å²) < 4.78 is 32.3. The number of nitrogens with two attached hydrogens (primary N) is 1. The average molecular weight is 272 g/mol. The first-order chi connectivity index (χ1) is 8.91. The molecule has 1 aliphatic carbocycles. The zero-order chi connectivity index (χ0) is 14.0. The van der Waals surface area contributed by atoms with E-state index in [4.69, 9.17) is 10.3 Å². The number of aryl methyl sites for hydroxylation is 2. The van der Waals surface area contributed by atoms with Crippen molar-refractivity contribution in [1.82, 2.24) is 5.43 Å². The predicted octanol–water partition coefficient (Wildman–Crippen LogP) is 3.62. The van der Waals surface area contributed by atoms with Gasteiger partial charge in [0.05, 0.1) is 0 Å². The van der Waals surface area contributed by atoms with Gasteiger partial charge in [0.1, 0.15) is 11.5 Å². The molecular formula is C14H22F2N2O. The summed E-state index contributed by atoms with van der Waals surface area (Å²) in [4.78, 5) is 0. The van der Waals surface area contributed by atoms with Gasteiger partial charge in [-0.05, 0) is 45.1 Å². The molecule has 0 amide bonds. The van der Waals surface area contributed by atoms with Crippen molar-refractivity contribution in [3.63, 3.8) is 0 Å². The van der Waals surface area contributed by atoms with Crippen molar-refractivity contribution in [3.8, 4) is 0 Å². The second-order valence-corrected chi connectivity index (χ2v) is 5.64. The number of hydrogen-bond donors (Lipinski definition) is 2. The van der Waals surface area contributed by atoms with Gasteiger partial charge >= 0.3 is 0 Å². The minimum atomic E-state index is -2.51. The SMILES string of the molecule is Cc1cc(C(CC2CCCC(F)(F)C2)NN)c(C)o1. The summed E-state index contributed by atoms with van der Waals surface area (Å²) in [5.41, 5.74) is 3.72. The summed E-state index contributed by atoms with van der Waals surface area (Å²) in [7, 11) is 0. The summed E-state index contributed by atoms with van der Waals surface area (Å²) in [5, 5.41) is 0. The average Bonchev–Trinajstić information content (AvgIpc) is 2.64. The molecule has 0 spiro atoms. The Morgan fingerprint density at radius 3 is 2.79 bits per heavy atom. The van der Waals surface area contributed by atoms with Gasteiger partial charge in [0, 0.05) is 24.4 Å². The monoisotopic (exact) mass is 272 g/mol. The van der Waals surface area contributed by atoms with E-state index in [1.807, 2.05) is 19.9 Å². The van der Waals surface area contributed by atoms with Gasteiger partial charge in [0.25, 0.3) is 0 Å². The van der Waals surface area contributed by atoms with Gasteiger partial charge in [-0.15, -0.1) is 0 Å². The molecule has 2 unspecified atom stereocenters. The van der Waals surface area contributed by atoms with Gasteiger partial charge in [-0.25, -0.2) is 8.78 Å². The van der Waals surface area contributed by atoms with Crippen LogP contribution < -0.4 is 11.3 Å². The Labute approximate surface area is 112 Å². The molecule has 2 rings (SSSR count). The molecule has 0 aliphatic heterocycles. The van der Waals surface area contributed by atoms with Crippen molar-refractivity contribution in [2.75, 3.05) is 0 Å². The van der Waals surface area contributed by atoms with Crippen molar-refractivity contribution in [1.29, 1.82) is 0 Å². The lowest BCUT2D eigenvalue weighted by atomic mass is 9.81. The van der Waals surface area contributed by atoms with Crippen LogP contribution in [0, 0.1) is 19.8 Å². The molecule has 5 heteroatoms. The number of halogens is 2. The molecule has 1 fully saturated rings. The molecular weight excluding hydrogens is 250 g/mol. The molecule has 3 N–H and O–H groups in total. The van der Waals surface area contributed by atoms with Gasteiger partial charge in [-0.2, -0.15) is 0 Å². The lowest BCUT2D eigenvalue weighted by Gasteiger charge is -2.31. The van der Waals surface area contributed by atoms with E-state index >= 15 is 0 Å². The summed E-state index contributed by atoms with van der Waals surface area (Å²) in [5.74, 6) is 4.72. The first-order valence-electron chi connectivity index (χ1n) is 6.82. The molecule has 1 aromatic heterocycles. The van der Waals surface area contributed by atoms with Crippen molar-refractivity contribution < 1.29 is 13.2 Å². The lowest BCUT2D eigenvalue weighted by molar-refractivity contribution is -0.0548. The standard InChI is InChI=1S/C14H22F2N2O/c1-9-6-12(10(2)19-9)13(18-17)7-11-4-3-5-14(15,16)8-11/h6,11,13,18H,3-5,7-8,17H2,1-2H3. The molecule has 1 aromatic rings. The molecule has 108 valence electrons. The molecule has 1 aliphatic rings. The van der Waals surface area contributed by atoms with E-state index in [1.165, 1.54) is 0 Å². The highest BCUT2D eigenvalue weighted by Crippen LogP contribution is 2.40. The van der Waals surface area contributed by atoms with Crippen molar-refractivity contribution in [2.24, 2.45) is 11.8 Å². The fourth-order valence-corrected chi connectivity index (χ4v) is 3.09. The molecule has 19 heavy (non-hydrogen) atoms. The zero-order valence-electron chi connectivity index (χ0n) is 11.5. The molecule has 2 atom stereocenters. The van der Waals surface area contributed by atoms with Crippen LogP contribution in [-0.2, 0) is 0 Å². The minimum Gasteiger partial charge on any atom is -0.466 e. The highest BCUT2D eigenvalue weighted by Gasteiger charge is 2.37. The second-order valence-electron chi connectivity index (χ2n) is 5.64. The van der Waals surface area contributed by atoms with Crippen molar-refractivity contribution in [2.45, 2.75) is 57.9 Å². The Morgan fingerprint density at radius 1 is 1.53 bits per heavy atom. The minimum absolute atomic E-state index is 0.0133. The molecule has 0 aromatic carbocycles. The quantitative estimate of drug-likeness (QED) is 0.650. The molecule has 0 radical (unpaired) electrons. The van der Waals surface area contributed by atoms with Crippen LogP contribution >= 0.6 is 0 Å². The maximum atomic E-state index is 13.4. The molecule has 1 heterocycles. The van der Waals surface area contributed by atoms with Gasteiger partial charge in [-0.3, -0.25) is 11.3 Å². The van der Waals surface area contributed by atoms with E-state index in [-0.39, 0.29) is 24.8 Å². The van der Waals surface area contributed by atoms with Gasteiger partial charge in [0.15, 0.2) is 0 Å². The lowest BCUT2D eigenvalue weighted by Crippen LogP contribution is -2.33. The highest BCUT2D eigenvalue weighted by atomic mass is 19.3. The van der Waals surface area contributed by atoms with Crippen LogP contribution in [0.2, 0.25) is 0 Å². The summed E-state index contributed by atoms with van der Waals surface area (Å²) in [6, 6.07) is 1.82. The van der Waals surface area contributed by atoms with E-state index in [0.717, 1.165) is 23.5 Å². The van der Waals surface area contributed by atoms with Gasteiger partial charge in [0.2, 0.25) is 5.92 Å². The number of hydrogen-bond acceptors (Lipinski definition) is 3. The van der Waals surface area contributed by atoms with E-state index in [9.17, 15) is 8.78 Å². The summed E-state index contributed by atoms with van der Waals surface area (Å²) >= 11 is 0. The Balaban J connectivity index is 2.05.